The first-order chi connectivity index (χ1) is 13.8. The largest absolute Gasteiger partial charge is 0.755 e. The van der Waals surface area contributed by atoms with Gasteiger partial charge in [-0.1, -0.05) is 49.6 Å². The summed E-state index contributed by atoms with van der Waals surface area (Å²) < 4.78 is 30.0. The van der Waals surface area contributed by atoms with Crippen molar-refractivity contribution in [1.82, 2.24) is 5.32 Å². The van der Waals surface area contributed by atoms with Crippen LogP contribution < -0.4 is 9.62 Å². The van der Waals surface area contributed by atoms with Crippen LogP contribution in [0.15, 0.2) is 42.5 Å². The number of carbonyl (C=O) groups is 1. The van der Waals surface area contributed by atoms with Crippen LogP contribution >= 0.6 is 0 Å². The summed E-state index contributed by atoms with van der Waals surface area (Å²) in [5, 5.41) is 4.86. The molecule has 1 unspecified atom stereocenters. The van der Waals surface area contributed by atoms with Crippen molar-refractivity contribution < 1.29 is 18.3 Å². The van der Waals surface area contributed by atoms with Crippen molar-refractivity contribution in [2.75, 3.05) is 17.4 Å². The zero-order chi connectivity index (χ0) is 21.3. The molecule has 160 valence electrons. The van der Waals surface area contributed by atoms with E-state index >= 15 is 0 Å². The van der Waals surface area contributed by atoms with E-state index in [-0.39, 0.29) is 6.09 Å². The Bertz CT molecular complexity index is 820. The van der Waals surface area contributed by atoms with E-state index in [1.54, 1.807) is 0 Å². The Morgan fingerprint density at radius 3 is 2.38 bits per heavy atom. The number of hydrogen-bond acceptors (Lipinski definition) is 4. The first-order valence-electron chi connectivity index (χ1n) is 10.1. The van der Waals surface area contributed by atoms with E-state index in [1.807, 2.05) is 63.2 Å². The van der Waals surface area contributed by atoms with Gasteiger partial charge in [0.1, 0.15) is 5.60 Å². The second-order valence-electron chi connectivity index (χ2n) is 8.05. The number of hydrogen-bond donors (Lipinski definition) is 1. The van der Waals surface area contributed by atoms with Crippen molar-refractivity contribution in [2.45, 2.75) is 58.5 Å². The predicted octanol–water partition coefficient (Wildman–Crippen LogP) is 4.92. The van der Waals surface area contributed by atoms with Crippen LogP contribution in [0.1, 0.15) is 52.9 Å². The van der Waals surface area contributed by atoms with Gasteiger partial charge in [0.2, 0.25) is 0 Å². The van der Waals surface area contributed by atoms with Crippen LogP contribution in [0.2, 0.25) is 0 Å². The van der Waals surface area contributed by atoms with E-state index < -0.39 is 16.9 Å². The molecule has 0 saturated heterocycles. The molecule has 1 amide bonds. The van der Waals surface area contributed by atoms with Gasteiger partial charge in [-0.3, -0.25) is 4.21 Å². The summed E-state index contributed by atoms with van der Waals surface area (Å²) in [6, 6.07) is 13.6. The second-order valence-corrected chi connectivity index (χ2v) is 8.92. The molecule has 0 radical (unpaired) electrons. The van der Waals surface area contributed by atoms with Crippen molar-refractivity contribution in [1.29, 1.82) is 0 Å². The first-order valence-corrected chi connectivity index (χ1v) is 11.1. The van der Waals surface area contributed by atoms with Gasteiger partial charge < -0.3 is 18.9 Å². The second kappa shape index (κ2) is 11.2. The van der Waals surface area contributed by atoms with Crippen molar-refractivity contribution in [3.8, 4) is 0 Å². The molecule has 0 fully saturated rings. The standard InChI is InChI=1S/C22H32N2O4S/c1-22(2,3)28-21(25)23-15-9-5-4-6-10-16-24(29(26)27)20-14-13-18-11-7-8-12-19(18)17-20/h7-8,11-14,17H,4-6,9-10,15-16H2,1-3H3,(H,23,25)(H,26,27)/p-1. The number of anilines is 1. The van der Waals surface area contributed by atoms with Crippen molar-refractivity contribution >= 4 is 33.8 Å². The molecule has 7 heteroatoms. The molecule has 0 aliphatic heterocycles. The summed E-state index contributed by atoms with van der Waals surface area (Å²) in [6.45, 7) is 6.56. The molecule has 6 nitrogen and oxygen atoms in total. The maximum absolute atomic E-state index is 11.7. The van der Waals surface area contributed by atoms with Crippen molar-refractivity contribution in [3.63, 3.8) is 0 Å². The molecule has 0 spiro atoms. The lowest BCUT2D eigenvalue weighted by Crippen LogP contribution is -2.32. The molecule has 0 saturated carbocycles. The highest BCUT2D eigenvalue weighted by molar-refractivity contribution is 7.80. The highest BCUT2D eigenvalue weighted by atomic mass is 32.2. The van der Waals surface area contributed by atoms with Gasteiger partial charge in [0, 0.05) is 30.0 Å². The third kappa shape index (κ3) is 8.41. The van der Waals surface area contributed by atoms with Gasteiger partial charge in [0.25, 0.3) is 0 Å². The van der Waals surface area contributed by atoms with Crippen LogP contribution in [0.5, 0.6) is 0 Å². The number of rotatable bonds is 10. The Kier molecular flexibility index (Phi) is 8.92. The third-order valence-corrected chi connectivity index (χ3v) is 5.16. The maximum Gasteiger partial charge on any atom is 0.407 e. The van der Waals surface area contributed by atoms with Crippen LogP contribution in [0.25, 0.3) is 10.8 Å². The topological polar surface area (TPSA) is 81.7 Å². The van der Waals surface area contributed by atoms with Crippen molar-refractivity contribution in [3.05, 3.63) is 42.5 Å². The number of unbranched alkanes of at least 4 members (excludes halogenated alkanes) is 4. The third-order valence-electron chi connectivity index (χ3n) is 4.41. The fourth-order valence-corrected chi connectivity index (χ4v) is 3.60. The fourth-order valence-electron chi connectivity index (χ4n) is 3.04. The smallest absolute Gasteiger partial charge is 0.407 e. The fraction of sp³-hybridized carbons (Fsp3) is 0.500. The van der Waals surface area contributed by atoms with E-state index in [0.717, 1.165) is 42.9 Å². The number of fused-ring (bicyclic) bond motifs is 1. The molecule has 2 aromatic carbocycles. The van der Waals surface area contributed by atoms with Crippen LogP contribution in [0.3, 0.4) is 0 Å². The molecule has 0 aromatic heterocycles. The minimum atomic E-state index is -2.30. The lowest BCUT2D eigenvalue weighted by Gasteiger charge is -2.26. The Morgan fingerprint density at radius 1 is 1.03 bits per heavy atom. The number of nitrogens with one attached hydrogen (secondary N) is 1. The Labute approximate surface area is 176 Å². The Morgan fingerprint density at radius 2 is 1.69 bits per heavy atom. The van der Waals surface area contributed by atoms with Gasteiger partial charge in [0.05, 0.1) is 0 Å². The quantitative estimate of drug-likeness (QED) is 0.438. The minimum Gasteiger partial charge on any atom is -0.755 e. The highest BCUT2D eigenvalue weighted by Gasteiger charge is 2.15. The zero-order valence-electron chi connectivity index (χ0n) is 17.5. The molecule has 1 N–H and O–H groups in total. The number of nitrogens with zero attached hydrogens (tertiary/aromatic N) is 1. The molecule has 0 bridgehead atoms. The molecule has 1 atom stereocenters. The van der Waals surface area contributed by atoms with Crippen LogP contribution in [0, 0.1) is 0 Å². The molecule has 0 aliphatic rings. The van der Waals surface area contributed by atoms with Crippen molar-refractivity contribution in [2.24, 2.45) is 0 Å². The normalized spacial score (nSPS) is 12.6. The van der Waals surface area contributed by atoms with E-state index in [2.05, 4.69) is 5.32 Å². The van der Waals surface area contributed by atoms with Gasteiger partial charge in [-0.15, -0.1) is 0 Å². The number of amides is 1. The van der Waals surface area contributed by atoms with E-state index in [4.69, 9.17) is 4.74 Å². The SMILES string of the molecule is CC(C)(C)OC(=O)NCCCCCCCN(c1ccc2ccccc2c1)S(=O)[O-]. The summed E-state index contributed by atoms with van der Waals surface area (Å²) in [4.78, 5) is 11.6. The number of benzene rings is 2. The van der Waals surface area contributed by atoms with Gasteiger partial charge in [-0.05, 0) is 56.5 Å². The molecule has 2 aromatic rings. The van der Waals surface area contributed by atoms with E-state index in [9.17, 15) is 13.6 Å². The van der Waals surface area contributed by atoms with Crippen LogP contribution in [-0.2, 0) is 16.0 Å². The summed E-state index contributed by atoms with van der Waals surface area (Å²) in [5.74, 6) is 0. The minimum absolute atomic E-state index is 0.388. The average Bonchev–Trinajstić information content (AvgIpc) is 2.64. The summed E-state index contributed by atoms with van der Waals surface area (Å²) in [7, 11) is 0. The van der Waals surface area contributed by atoms with E-state index in [0.29, 0.717) is 18.8 Å². The van der Waals surface area contributed by atoms with Crippen LogP contribution in [0.4, 0.5) is 10.5 Å². The van der Waals surface area contributed by atoms with Gasteiger partial charge in [0.15, 0.2) is 0 Å². The molecule has 29 heavy (non-hydrogen) atoms. The molecular formula is C22H31N2O4S-. The summed E-state index contributed by atoms with van der Waals surface area (Å²) >= 11 is -2.30. The highest BCUT2D eigenvalue weighted by Crippen LogP contribution is 2.23. The lowest BCUT2D eigenvalue weighted by atomic mass is 10.1. The monoisotopic (exact) mass is 419 g/mol. The lowest BCUT2D eigenvalue weighted by molar-refractivity contribution is 0.0527. The molecule has 2 rings (SSSR count). The van der Waals surface area contributed by atoms with Gasteiger partial charge in [-0.25, -0.2) is 4.79 Å². The number of carbonyl (C=O) groups excluding carboxylic acids is 1. The average molecular weight is 420 g/mol. The maximum atomic E-state index is 11.7. The van der Waals surface area contributed by atoms with Crippen LogP contribution in [-0.4, -0.2) is 33.5 Å². The number of alkyl carbamates (subject to hydrolysis) is 1. The summed E-state index contributed by atoms with van der Waals surface area (Å²) in [5.41, 5.74) is 0.210. The number of ether oxygens (including phenoxy) is 1. The Hall–Kier alpha value is -2.12. The first kappa shape index (κ1) is 23.2. The molecular weight excluding hydrogens is 388 g/mol. The molecule has 0 heterocycles. The zero-order valence-corrected chi connectivity index (χ0v) is 18.3. The molecule has 0 aliphatic carbocycles. The van der Waals surface area contributed by atoms with E-state index in [1.165, 1.54) is 4.31 Å². The van der Waals surface area contributed by atoms with Gasteiger partial charge in [-0.2, -0.15) is 0 Å². The predicted molar refractivity (Wildman–Crippen MR) is 118 cm³/mol. The summed E-state index contributed by atoms with van der Waals surface area (Å²) in [6.07, 6.45) is 4.19. The Balaban J connectivity index is 1.68. The van der Waals surface area contributed by atoms with Gasteiger partial charge >= 0.3 is 6.09 Å².